The second kappa shape index (κ2) is 4.94. The minimum atomic E-state index is -0.158. The van der Waals surface area contributed by atoms with Crippen LogP contribution in [-0.2, 0) is 13.0 Å². The highest BCUT2D eigenvalue weighted by atomic mass is 16.3. The summed E-state index contributed by atoms with van der Waals surface area (Å²) in [5.41, 5.74) is 1.71. The summed E-state index contributed by atoms with van der Waals surface area (Å²) in [4.78, 5) is 11.2. The van der Waals surface area contributed by atoms with Gasteiger partial charge < -0.3 is 10.2 Å². The van der Waals surface area contributed by atoms with E-state index >= 15 is 0 Å². The molecule has 1 aromatic rings. The van der Waals surface area contributed by atoms with Gasteiger partial charge in [0.15, 0.2) is 5.78 Å². The van der Waals surface area contributed by atoms with Crippen molar-refractivity contribution in [3.63, 3.8) is 0 Å². The van der Waals surface area contributed by atoms with Crippen molar-refractivity contribution >= 4 is 5.78 Å². The van der Waals surface area contributed by atoms with Crippen LogP contribution in [0.4, 0.5) is 0 Å². The lowest BCUT2D eigenvalue weighted by Gasteiger charge is -2.11. The van der Waals surface area contributed by atoms with Crippen LogP contribution < -0.4 is 0 Å². The molecule has 0 amide bonds. The Bertz CT molecular complexity index is 369. The number of hydrogen-bond donors (Lipinski definition) is 2. The fourth-order valence-corrected chi connectivity index (χ4v) is 1.64. The van der Waals surface area contributed by atoms with Crippen molar-refractivity contribution in [3.8, 4) is 5.75 Å². The number of ketones is 1. The molecular weight excluding hydrogens is 192 g/mol. The predicted molar refractivity (Wildman–Crippen MR) is 58.0 cm³/mol. The van der Waals surface area contributed by atoms with E-state index in [1.807, 2.05) is 6.92 Å². The predicted octanol–water partition coefficient (Wildman–Crippen LogP) is 2.04. The largest absolute Gasteiger partial charge is 0.507 e. The third-order valence-corrected chi connectivity index (χ3v) is 2.43. The SMILES string of the molecule is CCCc1c(CO)ccc(C(C)=O)c1O. The highest BCUT2D eigenvalue weighted by Gasteiger charge is 2.13. The van der Waals surface area contributed by atoms with Crippen molar-refractivity contribution in [3.05, 3.63) is 28.8 Å². The molecule has 0 saturated carbocycles. The fraction of sp³-hybridized carbons (Fsp3) is 0.417. The molecule has 1 rings (SSSR count). The number of aliphatic hydroxyl groups is 1. The van der Waals surface area contributed by atoms with Crippen molar-refractivity contribution in [2.75, 3.05) is 0 Å². The Morgan fingerprint density at radius 2 is 2.07 bits per heavy atom. The molecule has 0 aliphatic heterocycles. The number of rotatable bonds is 4. The van der Waals surface area contributed by atoms with Crippen molar-refractivity contribution in [1.29, 1.82) is 0 Å². The van der Waals surface area contributed by atoms with Gasteiger partial charge in [-0.15, -0.1) is 0 Å². The van der Waals surface area contributed by atoms with Gasteiger partial charge >= 0.3 is 0 Å². The second-order valence-electron chi connectivity index (χ2n) is 3.56. The molecule has 3 nitrogen and oxygen atoms in total. The molecular formula is C12H16O3. The van der Waals surface area contributed by atoms with Gasteiger partial charge in [0.25, 0.3) is 0 Å². The quantitative estimate of drug-likeness (QED) is 0.744. The smallest absolute Gasteiger partial charge is 0.163 e. The van der Waals surface area contributed by atoms with E-state index < -0.39 is 0 Å². The fourth-order valence-electron chi connectivity index (χ4n) is 1.64. The third kappa shape index (κ3) is 2.36. The van der Waals surface area contributed by atoms with E-state index in [1.165, 1.54) is 6.92 Å². The molecule has 0 aliphatic carbocycles. The zero-order chi connectivity index (χ0) is 11.4. The maximum Gasteiger partial charge on any atom is 0.163 e. The first-order chi connectivity index (χ1) is 7.11. The maximum atomic E-state index is 11.2. The van der Waals surface area contributed by atoms with Crippen LogP contribution in [0.1, 0.15) is 41.8 Å². The molecule has 0 unspecified atom stereocenters. The van der Waals surface area contributed by atoms with Crippen molar-refractivity contribution in [2.24, 2.45) is 0 Å². The number of phenols is 1. The van der Waals surface area contributed by atoms with Crippen LogP contribution >= 0.6 is 0 Å². The van der Waals surface area contributed by atoms with Crippen LogP contribution in [0.25, 0.3) is 0 Å². The molecule has 82 valence electrons. The molecule has 0 atom stereocenters. The van der Waals surface area contributed by atoms with Crippen LogP contribution in [-0.4, -0.2) is 16.0 Å². The normalized spacial score (nSPS) is 10.3. The van der Waals surface area contributed by atoms with Crippen LogP contribution in [0.5, 0.6) is 5.75 Å². The van der Waals surface area contributed by atoms with Gasteiger partial charge in [0.05, 0.1) is 12.2 Å². The molecule has 0 spiro atoms. The Hall–Kier alpha value is -1.35. The van der Waals surface area contributed by atoms with E-state index in [0.717, 1.165) is 6.42 Å². The van der Waals surface area contributed by atoms with Crippen molar-refractivity contribution in [2.45, 2.75) is 33.3 Å². The number of carbonyl (C=O) groups is 1. The number of hydrogen-bond acceptors (Lipinski definition) is 3. The Labute approximate surface area is 89.4 Å². The average molecular weight is 208 g/mol. The molecule has 0 saturated heterocycles. The van der Waals surface area contributed by atoms with Gasteiger partial charge in [-0.2, -0.15) is 0 Å². The van der Waals surface area contributed by atoms with E-state index in [4.69, 9.17) is 5.11 Å². The van der Waals surface area contributed by atoms with Crippen LogP contribution in [0, 0.1) is 0 Å². The average Bonchev–Trinajstić information content (AvgIpc) is 2.20. The van der Waals surface area contributed by atoms with Gasteiger partial charge in [-0.1, -0.05) is 19.4 Å². The van der Waals surface area contributed by atoms with Crippen molar-refractivity contribution in [1.82, 2.24) is 0 Å². The number of phenolic OH excluding ortho intramolecular Hbond substituents is 1. The lowest BCUT2D eigenvalue weighted by Crippen LogP contribution is -2.00. The molecule has 0 heterocycles. The van der Waals surface area contributed by atoms with E-state index in [1.54, 1.807) is 12.1 Å². The first-order valence-corrected chi connectivity index (χ1v) is 5.07. The van der Waals surface area contributed by atoms with Gasteiger partial charge in [0.2, 0.25) is 0 Å². The molecule has 0 radical (unpaired) electrons. The summed E-state index contributed by atoms with van der Waals surface area (Å²) in [5.74, 6) is -0.134. The topological polar surface area (TPSA) is 57.5 Å². The number of aromatic hydroxyl groups is 1. The summed E-state index contributed by atoms with van der Waals surface area (Å²) >= 11 is 0. The lowest BCUT2D eigenvalue weighted by atomic mass is 9.97. The maximum absolute atomic E-state index is 11.2. The second-order valence-corrected chi connectivity index (χ2v) is 3.56. The summed E-state index contributed by atoms with van der Waals surface area (Å²) in [5, 5.41) is 19.0. The number of Topliss-reactive ketones (excluding diaryl/α,β-unsaturated/α-hetero) is 1. The van der Waals surface area contributed by atoms with Gasteiger partial charge in [0.1, 0.15) is 5.75 Å². The number of benzene rings is 1. The van der Waals surface area contributed by atoms with Gasteiger partial charge in [0, 0.05) is 5.56 Å². The van der Waals surface area contributed by atoms with Crippen LogP contribution in [0.15, 0.2) is 12.1 Å². The van der Waals surface area contributed by atoms with Crippen molar-refractivity contribution < 1.29 is 15.0 Å². The molecule has 0 aromatic heterocycles. The minimum absolute atomic E-state index is 0.0240. The van der Waals surface area contributed by atoms with Gasteiger partial charge in [-0.3, -0.25) is 4.79 Å². The minimum Gasteiger partial charge on any atom is -0.507 e. The van der Waals surface area contributed by atoms with Gasteiger partial charge in [-0.05, 0) is 25.0 Å². The summed E-state index contributed by atoms with van der Waals surface area (Å²) in [6.45, 7) is 3.30. The standard InChI is InChI=1S/C12H16O3/c1-3-4-11-9(7-13)5-6-10(8(2)14)12(11)15/h5-6,13,15H,3-4,7H2,1-2H3. The van der Waals surface area contributed by atoms with E-state index in [2.05, 4.69) is 0 Å². The van der Waals surface area contributed by atoms with E-state index in [0.29, 0.717) is 23.1 Å². The monoisotopic (exact) mass is 208 g/mol. The Balaban J connectivity index is 3.28. The zero-order valence-corrected chi connectivity index (χ0v) is 9.08. The first-order valence-electron chi connectivity index (χ1n) is 5.07. The van der Waals surface area contributed by atoms with Crippen LogP contribution in [0.2, 0.25) is 0 Å². The molecule has 2 N–H and O–H groups in total. The summed E-state index contributed by atoms with van der Waals surface area (Å²) in [6.07, 6.45) is 1.53. The summed E-state index contributed by atoms with van der Waals surface area (Å²) < 4.78 is 0. The Morgan fingerprint density at radius 1 is 1.40 bits per heavy atom. The molecule has 3 heteroatoms. The summed E-state index contributed by atoms with van der Waals surface area (Å²) in [7, 11) is 0. The van der Waals surface area contributed by atoms with Crippen LogP contribution in [0.3, 0.4) is 0 Å². The highest BCUT2D eigenvalue weighted by Crippen LogP contribution is 2.27. The lowest BCUT2D eigenvalue weighted by molar-refractivity contribution is 0.101. The first kappa shape index (κ1) is 11.7. The Morgan fingerprint density at radius 3 is 2.53 bits per heavy atom. The van der Waals surface area contributed by atoms with E-state index in [9.17, 15) is 9.90 Å². The van der Waals surface area contributed by atoms with E-state index in [-0.39, 0.29) is 18.1 Å². The number of carbonyl (C=O) groups excluding carboxylic acids is 1. The zero-order valence-electron chi connectivity index (χ0n) is 9.08. The molecule has 0 aliphatic rings. The summed E-state index contributed by atoms with van der Waals surface area (Å²) in [6, 6.07) is 3.25. The molecule has 0 bridgehead atoms. The molecule has 15 heavy (non-hydrogen) atoms. The van der Waals surface area contributed by atoms with Gasteiger partial charge in [-0.25, -0.2) is 0 Å². The third-order valence-electron chi connectivity index (χ3n) is 2.43. The Kier molecular flexibility index (Phi) is 3.86. The number of aliphatic hydroxyl groups excluding tert-OH is 1. The molecule has 1 aromatic carbocycles. The molecule has 0 fully saturated rings. The highest BCUT2D eigenvalue weighted by molar-refractivity contribution is 5.97.